The number of hydrogen-bond acceptors (Lipinski definition) is 6. The Hall–Kier alpha value is -1.82. The average Bonchev–Trinajstić information content (AvgIpc) is 2.86. The highest BCUT2D eigenvalue weighted by atomic mass is 32.1. The van der Waals surface area contributed by atoms with Crippen LogP contribution in [0.2, 0.25) is 0 Å². The summed E-state index contributed by atoms with van der Waals surface area (Å²) in [6, 6.07) is 3.77. The normalized spacial score (nSPS) is 15.8. The Balaban J connectivity index is 1.68. The van der Waals surface area contributed by atoms with Gasteiger partial charge in [0.05, 0.1) is 11.4 Å². The third-order valence-corrected chi connectivity index (χ3v) is 4.29. The Labute approximate surface area is 116 Å². The molecule has 0 atom stereocenters. The molecule has 2 aromatic rings. The van der Waals surface area contributed by atoms with Crippen LogP contribution < -0.4 is 15.5 Å². The molecule has 0 saturated carbocycles. The number of thiazole rings is 1. The fourth-order valence-electron chi connectivity index (χ4n) is 2.27. The molecular formula is C13H17N5S. The number of nitrogen functional groups attached to an aromatic ring is 1. The highest BCUT2D eigenvalue weighted by molar-refractivity contribution is 7.13. The van der Waals surface area contributed by atoms with E-state index in [1.54, 1.807) is 17.5 Å². The molecule has 0 aliphatic carbocycles. The van der Waals surface area contributed by atoms with E-state index in [-0.39, 0.29) is 0 Å². The molecule has 2 aromatic heterocycles. The van der Waals surface area contributed by atoms with Crippen LogP contribution in [0.15, 0.2) is 23.7 Å². The molecule has 5 nitrogen and oxygen atoms in total. The van der Waals surface area contributed by atoms with Gasteiger partial charge < -0.3 is 15.5 Å². The molecule has 3 heterocycles. The first-order valence-corrected chi connectivity index (χ1v) is 7.24. The van der Waals surface area contributed by atoms with Crippen molar-refractivity contribution in [1.82, 2.24) is 9.97 Å². The van der Waals surface area contributed by atoms with Crippen molar-refractivity contribution in [3.05, 3.63) is 29.4 Å². The number of pyridine rings is 1. The first-order chi connectivity index (χ1) is 9.24. The molecule has 3 rings (SSSR count). The SMILES string of the molecule is Cc1csc(N2CCN(c3ncccc3N)CC2)n1. The summed E-state index contributed by atoms with van der Waals surface area (Å²) in [7, 11) is 0. The van der Waals surface area contributed by atoms with Crippen LogP contribution in [0.25, 0.3) is 0 Å². The maximum absolute atomic E-state index is 5.97. The Kier molecular flexibility index (Phi) is 3.25. The lowest BCUT2D eigenvalue weighted by Crippen LogP contribution is -2.47. The summed E-state index contributed by atoms with van der Waals surface area (Å²) in [6.07, 6.45) is 1.79. The van der Waals surface area contributed by atoms with Gasteiger partial charge in [-0.2, -0.15) is 0 Å². The zero-order valence-electron chi connectivity index (χ0n) is 10.9. The lowest BCUT2D eigenvalue weighted by Gasteiger charge is -2.35. The van der Waals surface area contributed by atoms with E-state index in [9.17, 15) is 0 Å². The fourth-order valence-corrected chi connectivity index (χ4v) is 3.13. The molecule has 0 radical (unpaired) electrons. The van der Waals surface area contributed by atoms with Gasteiger partial charge in [-0.05, 0) is 19.1 Å². The van der Waals surface area contributed by atoms with Crippen molar-refractivity contribution in [1.29, 1.82) is 0 Å². The van der Waals surface area contributed by atoms with Crippen molar-refractivity contribution in [2.24, 2.45) is 0 Å². The third-order valence-electron chi connectivity index (χ3n) is 3.27. The highest BCUT2D eigenvalue weighted by Crippen LogP contribution is 2.24. The number of aryl methyl sites for hydroxylation is 1. The summed E-state index contributed by atoms with van der Waals surface area (Å²) < 4.78 is 0. The Morgan fingerprint density at radius 3 is 2.58 bits per heavy atom. The van der Waals surface area contributed by atoms with Crippen LogP contribution in [0, 0.1) is 6.92 Å². The van der Waals surface area contributed by atoms with Crippen LogP contribution in [-0.4, -0.2) is 36.1 Å². The van der Waals surface area contributed by atoms with Gasteiger partial charge in [0.2, 0.25) is 0 Å². The molecule has 0 bridgehead atoms. The molecule has 1 aliphatic heterocycles. The summed E-state index contributed by atoms with van der Waals surface area (Å²) in [4.78, 5) is 13.5. The van der Waals surface area contributed by atoms with E-state index in [1.165, 1.54) is 0 Å². The Morgan fingerprint density at radius 2 is 1.95 bits per heavy atom. The van der Waals surface area contributed by atoms with Crippen LogP contribution in [0.3, 0.4) is 0 Å². The molecule has 0 amide bonds. The maximum atomic E-state index is 5.97. The van der Waals surface area contributed by atoms with Crippen LogP contribution in [0.4, 0.5) is 16.6 Å². The van der Waals surface area contributed by atoms with Crippen LogP contribution >= 0.6 is 11.3 Å². The van der Waals surface area contributed by atoms with Gasteiger partial charge >= 0.3 is 0 Å². The molecular weight excluding hydrogens is 258 g/mol. The fraction of sp³-hybridized carbons (Fsp3) is 0.385. The Morgan fingerprint density at radius 1 is 1.21 bits per heavy atom. The second-order valence-corrected chi connectivity index (χ2v) is 5.50. The van der Waals surface area contributed by atoms with Gasteiger partial charge in [-0.15, -0.1) is 11.3 Å². The summed E-state index contributed by atoms with van der Waals surface area (Å²) in [5.74, 6) is 0.900. The minimum absolute atomic E-state index is 0.751. The number of nitrogens with zero attached hydrogens (tertiary/aromatic N) is 4. The summed E-state index contributed by atoms with van der Waals surface area (Å²) in [5, 5.41) is 3.21. The molecule has 100 valence electrons. The second-order valence-electron chi connectivity index (χ2n) is 4.66. The topological polar surface area (TPSA) is 58.3 Å². The molecule has 2 N–H and O–H groups in total. The standard InChI is InChI=1S/C13H17N5S/c1-10-9-19-13(16-10)18-7-5-17(6-8-18)12-11(14)3-2-4-15-12/h2-4,9H,5-8,14H2,1H3. The monoisotopic (exact) mass is 275 g/mol. The zero-order valence-corrected chi connectivity index (χ0v) is 11.7. The van der Waals surface area contributed by atoms with Crippen molar-refractivity contribution < 1.29 is 0 Å². The van der Waals surface area contributed by atoms with E-state index in [2.05, 4.69) is 25.1 Å². The zero-order chi connectivity index (χ0) is 13.2. The van der Waals surface area contributed by atoms with Gasteiger partial charge in [-0.25, -0.2) is 9.97 Å². The first-order valence-electron chi connectivity index (χ1n) is 6.36. The number of nitrogens with two attached hydrogens (primary N) is 1. The first kappa shape index (κ1) is 12.2. The Bertz CT molecular complexity index is 560. The van der Waals surface area contributed by atoms with Crippen molar-refractivity contribution in [2.75, 3.05) is 41.7 Å². The highest BCUT2D eigenvalue weighted by Gasteiger charge is 2.21. The van der Waals surface area contributed by atoms with Gasteiger partial charge in [0, 0.05) is 37.8 Å². The number of hydrogen-bond donors (Lipinski definition) is 1. The molecule has 1 saturated heterocycles. The maximum Gasteiger partial charge on any atom is 0.185 e. The average molecular weight is 275 g/mol. The second kappa shape index (κ2) is 5.05. The molecule has 0 unspecified atom stereocenters. The third kappa shape index (κ3) is 2.49. The van der Waals surface area contributed by atoms with E-state index in [4.69, 9.17) is 5.73 Å². The molecule has 1 aliphatic rings. The minimum atomic E-state index is 0.751. The van der Waals surface area contributed by atoms with E-state index in [0.717, 1.165) is 48.5 Å². The van der Waals surface area contributed by atoms with Crippen LogP contribution in [0.1, 0.15) is 5.69 Å². The predicted octanol–water partition coefficient (Wildman–Crippen LogP) is 1.76. The number of anilines is 3. The van der Waals surface area contributed by atoms with E-state index in [0.29, 0.717) is 0 Å². The quantitative estimate of drug-likeness (QED) is 0.905. The molecule has 1 fully saturated rings. The van der Waals surface area contributed by atoms with Crippen LogP contribution in [-0.2, 0) is 0 Å². The van der Waals surface area contributed by atoms with E-state index in [1.807, 2.05) is 19.1 Å². The van der Waals surface area contributed by atoms with Crippen molar-refractivity contribution in [2.45, 2.75) is 6.92 Å². The molecule has 19 heavy (non-hydrogen) atoms. The van der Waals surface area contributed by atoms with Gasteiger partial charge in [0.25, 0.3) is 0 Å². The van der Waals surface area contributed by atoms with Gasteiger partial charge in [-0.3, -0.25) is 0 Å². The smallest absolute Gasteiger partial charge is 0.185 e. The van der Waals surface area contributed by atoms with Gasteiger partial charge in [0.15, 0.2) is 10.9 Å². The summed E-state index contributed by atoms with van der Waals surface area (Å²) in [6.45, 7) is 5.82. The van der Waals surface area contributed by atoms with Crippen molar-refractivity contribution in [3.63, 3.8) is 0 Å². The lowest BCUT2D eigenvalue weighted by atomic mass is 10.3. The molecule has 0 spiro atoms. The minimum Gasteiger partial charge on any atom is -0.396 e. The van der Waals surface area contributed by atoms with E-state index >= 15 is 0 Å². The lowest BCUT2D eigenvalue weighted by molar-refractivity contribution is 0.646. The molecule has 6 heteroatoms. The number of aromatic nitrogens is 2. The summed E-state index contributed by atoms with van der Waals surface area (Å²) >= 11 is 1.71. The van der Waals surface area contributed by atoms with Crippen molar-refractivity contribution >= 4 is 28.0 Å². The van der Waals surface area contributed by atoms with Crippen LogP contribution in [0.5, 0.6) is 0 Å². The van der Waals surface area contributed by atoms with Gasteiger partial charge in [0.1, 0.15) is 0 Å². The van der Waals surface area contributed by atoms with Gasteiger partial charge in [-0.1, -0.05) is 0 Å². The van der Waals surface area contributed by atoms with E-state index < -0.39 is 0 Å². The largest absolute Gasteiger partial charge is 0.396 e. The van der Waals surface area contributed by atoms with Crippen molar-refractivity contribution in [3.8, 4) is 0 Å². The number of rotatable bonds is 2. The molecule has 0 aromatic carbocycles. The summed E-state index contributed by atoms with van der Waals surface area (Å²) in [5.41, 5.74) is 7.82. The predicted molar refractivity (Wildman–Crippen MR) is 79.9 cm³/mol. The number of piperazine rings is 1.